The Labute approximate surface area is 194 Å². The minimum Gasteiger partial charge on any atom is -0.490 e. The number of aliphatic imine (C=N–C) groups is 1. The van der Waals surface area contributed by atoms with Gasteiger partial charge in [-0.25, -0.2) is 9.79 Å². The SMILES string of the molecule is CC[C@H](C)c1ccccc1OCCOc1ccc(/C=C2\N=C(c3ccccc3)OC2=O)cc1. The van der Waals surface area contributed by atoms with Gasteiger partial charge in [-0.2, -0.15) is 0 Å². The highest BCUT2D eigenvalue weighted by molar-refractivity contribution is 6.12. The van der Waals surface area contributed by atoms with E-state index in [1.54, 1.807) is 6.08 Å². The number of rotatable bonds is 9. The van der Waals surface area contributed by atoms with E-state index in [1.807, 2.05) is 72.8 Å². The van der Waals surface area contributed by atoms with Crippen molar-refractivity contribution in [3.05, 3.63) is 101 Å². The maximum Gasteiger partial charge on any atom is 0.363 e. The Balaban J connectivity index is 1.32. The van der Waals surface area contributed by atoms with Crippen LogP contribution in [0.5, 0.6) is 11.5 Å². The summed E-state index contributed by atoms with van der Waals surface area (Å²) in [4.78, 5) is 16.5. The first-order chi connectivity index (χ1) is 16.1. The van der Waals surface area contributed by atoms with Crippen LogP contribution in [0, 0.1) is 0 Å². The zero-order valence-electron chi connectivity index (χ0n) is 18.9. The molecule has 0 radical (unpaired) electrons. The summed E-state index contributed by atoms with van der Waals surface area (Å²) in [6.45, 7) is 5.28. The topological polar surface area (TPSA) is 57.1 Å². The Hall–Kier alpha value is -3.86. The molecule has 1 atom stereocenters. The summed E-state index contributed by atoms with van der Waals surface area (Å²) >= 11 is 0. The van der Waals surface area contributed by atoms with Crippen LogP contribution in [-0.4, -0.2) is 25.1 Å². The maximum atomic E-state index is 12.2. The van der Waals surface area contributed by atoms with Crippen LogP contribution in [0.4, 0.5) is 0 Å². The number of esters is 1. The molecule has 4 rings (SSSR count). The molecule has 0 saturated heterocycles. The molecule has 0 amide bonds. The predicted molar refractivity (Wildman–Crippen MR) is 130 cm³/mol. The van der Waals surface area contributed by atoms with Crippen molar-refractivity contribution in [3.63, 3.8) is 0 Å². The third-order valence-corrected chi connectivity index (χ3v) is 5.50. The lowest BCUT2D eigenvalue weighted by atomic mass is 9.98. The van der Waals surface area contributed by atoms with E-state index < -0.39 is 5.97 Å². The van der Waals surface area contributed by atoms with Gasteiger partial charge in [0.2, 0.25) is 5.90 Å². The molecule has 0 fully saturated rings. The summed E-state index contributed by atoms with van der Waals surface area (Å²) in [5.41, 5.74) is 3.11. The highest BCUT2D eigenvalue weighted by Gasteiger charge is 2.23. The van der Waals surface area contributed by atoms with Crippen molar-refractivity contribution in [1.82, 2.24) is 0 Å². The lowest BCUT2D eigenvalue weighted by Crippen LogP contribution is -2.10. The zero-order chi connectivity index (χ0) is 23.0. The van der Waals surface area contributed by atoms with E-state index in [-0.39, 0.29) is 5.70 Å². The van der Waals surface area contributed by atoms with Crippen LogP contribution >= 0.6 is 0 Å². The first kappa shape index (κ1) is 22.3. The largest absolute Gasteiger partial charge is 0.490 e. The minimum absolute atomic E-state index is 0.274. The molecule has 168 valence electrons. The number of hydrogen-bond acceptors (Lipinski definition) is 5. The lowest BCUT2D eigenvalue weighted by molar-refractivity contribution is -0.129. The van der Waals surface area contributed by atoms with Crippen molar-refractivity contribution in [3.8, 4) is 11.5 Å². The highest BCUT2D eigenvalue weighted by Crippen LogP contribution is 2.28. The van der Waals surface area contributed by atoms with Gasteiger partial charge in [-0.1, -0.05) is 62.4 Å². The molecule has 0 unspecified atom stereocenters. The van der Waals surface area contributed by atoms with Gasteiger partial charge in [-0.05, 0) is 59.9 Å². The Morgan fingerprint density at radius 2 is 1.61 bits per heavy atom. The predicted octanol–water partition coefficient (Wildman–Crippen LogP) is 6.00. The Morgan fingerprint density at radius 1 is 0.909 bits per heavy atom. The number of carbonyl (C=O) groups excluding carboxylic acids is 1. The minimum atomic E-state index is -0.455. The van der Waals surface area contributed by atoms with Gasteiger partial charge in [-0.15, -0.1) is 0 Å². The second-order valence-electron chi connectivity index (χ2n) is 7.82. The van der Waals surface area contributed by atoms with E-state index in [9.17, 15) is 4.79 Å². The van der Waals surface area contributed by atoms with Gasteiger partial charge in [0.05, 0.1) is 0 Å². The summed E-state index contributed by atoms with van der Waals surface area (Å²) in [7, 11) is 0. The molecule has 3 aromatic rings. The first-order valence-corrected chi connectivity index (χ1v) is 11.2. The van der Waals surface area contributed by atoms with E-state index in [4.69, 9.17) is 14.2 Å². The molecule has 0 aliphatic carbocycles. The molecule has 0 spiro atoms. The summed E-state index contributed by atoms with van der Waals surface area (Å²) in [6, 6.07) is 25.0. The van der Waals surface area contributed by atoms with Crippen molar-refractivity contribution in [2.75, 3.05) is 13.2 Å². The van der Waals surface area contributed by atoms with E-state index in [2.05, 4.69) is 24.9 Å². The van der Waals surface area contributed by atoms with Crippen molar-refractivity contribution in [2.45, 2.75) is 26.2 Å². The van der Waals surface area contributed by atoms with Crippen LogP contribution in [0.15, 0.2) is 89.6 Å². The molecule has 0 bridgehead atoms. The average Bonchev–Trinajstić information content (AvgIpc) is 3.23. The maximum absolute atomic E-state index is 12.2. The summed E-state index contributed by atoms with van der Waals surface area (Å²) in [5, 5.41) is 0. The van der Waals surface area contributed by atoms with Crippen LogP contribution in [0.25, 0.3) is 6.08 Å². The van der Waals surface area contributed by atoms with Crippen LogP contribution < -0.4 is 9.47 Å². The van der Waals surface area contributed by atoms with E-state index in [0.29, 0.717) is 25.0 Å². The van der Waals surface area contributed by atoms with Gasteiger partial charge in [0.25, 0.3) is 0 Å². The molecule has 5 nitrogen and oxygen atoms in total. The Morgan fingerprint density at radius 3 is 2.36 bits per heavy atom. The number of carbonyl (C=O) groups is 1. The smallest absolute Gasteiger partial charge is 0.363 e. The molecule has 0 N–H and O–H groups in total. The number of para-hydroxylation sites is 1. The highest BCUT2D eigenvalue weighted by atomic mass is 16.6. The third kappa shape index (κ3) is 5.69. The standard InChI is InChI=1S/C28H27NO4/c1-3-20(2)24-11-7-8-12-26(24)32-18-17-31-23-15-13-21(14-16-23)19-25-28(30)33-27(29-25)22-9-5-4-6-10-22/h4-16,19-20H,3,17-18H2,1-2H3/b25-19-/t20-/m0/s1. The van der Waals surface area contributed by atoms with Crippen molar-refractivity contribution >= 4 is 17.9 Å². The van der Waals surface area contributed by atoms with Gasteiger partial charge in [0.1, 0.15) is 24.7 Å². The van der Waals surface area contributed by atoms with E-state index in [0.717, 1.165) is 29.0 Å². The van der Waals surface area contributed by atoms with Crippen LogP contribution in [0.1, 0.15) is 42.9 Å². The average molecular weight is 442 g/mol. The molecule has 0 aromatic heterocycles. The van der Waals surface area contributed by atoms with E-state index >= 15 is 0 Å². The zero-order valence-corrected chi connectivity index (χ0v) is 18.9. The van der Waals surface area contributed by atoms with Crippen molar-refractivity contribution in [2.24, 2.45) is 4.99 Å². The molecule has 1 aliphatic heterocycles. The van der Waals surface area contributed by atoms with Crippen molar-refractivity contribution < 1.29 is 19.0 Å². The molecule has 1 aliphatic rings. The lowest BCUT2D eigenvalue weighted by Gasteiger charge is -2.15. The van der Waals surface area contributed by atoms with Crippen LogP contribution in [0.2, 0.25) is 0 Å². The molecular weight excluding hydrogens is 414 g/mol. The summed E-state index contributed by atoms with van der Waals surface area (Å²) < 4.78 is 17.1. The normalized spacial score (nSPS) is 15.2. The third-order valence-electron chi connectivity index (χ3n) is 5.50. The van der Waals surface area contributed by atoms with Crippen LogP contribution in [-0.2, 0) is 9.53 Å². The molecule has 3 aromatic carbocycles. The molecule has 1 heterocycles. The number of nitrogens with zero attached hydrogens (tertiary/aromatic N) is 1. The molecule has 33 heavy (non-hydrogen) atoms. The fourth-order valence-corrected chi connectivity index (χ4v) is 3.48. The number of ether oxygens (including phenoxy) is 3. The quantitative estimate of drug-likeness (QED) is 0.232. The fourth-order valence-electron chi connectivity index (χ4n) is 3.48. The van der Waals surface area contributed by atoms with Crippen molar-refractivity contribution in [1.29, 1.82) is 0 Å². The van der Waals surface area contributed by atoms with Gasteiger partial charge in [-0.3, -0.25) is 0 Å². The number of cyclic esters (lactones) is 1. The summed E-state index contributed by atoms with van der Waals surface area (Å²) in [5.74, 6) is 1.97. The van der Waals surface area contributed by atoms with E-state index in [1.165, 1.54) is 5.56 Å². The number of hydrogen-bond donors (Lipinski definition) is 0. The number of benzene rings is 3. The second kappa shape index (κ2) is 10.6. The second-order valence-corrected chi connectivity index (χ2v) is 7.82. The van der Waals surface area contributed by atoms with Gasteiger partial charge in [0, 0.05) is 5.56 Å². The van der Waals surface area contributed by atoms with Crippen LogP contribution in [0.3, 0.4) is 0 Å². The first-order valence-electron chi connectivity index (χ1n) is 11.2. The Kier molecular flexibility index (Phi) is 7.20. The molecular formula is C28H27NO4. The Bertz CT molecular complexity index is 1150. The van der Waals surface area contributed by atoms with Gasteiger partial charge >= 0.3 is 5.97 Å². The fraction of sp³-hybridized carbons (Fsp3) is 0.214. The monoisotopic (exact) mass is 441 g/mol. The molecule has 0 saturated carbocycles. The van der Waals surface area contributed by atoms with Gasteiger partial charge in [0.15, 0.2) is 5.70 Å². The van der Waals surface area contributed by atoms with Gasteiger partial charge < -0.3 is 14.2 Å². The summed E-state index contributed by atoms with van der Waals surface area (Å²) in [6.07, 6.45) is 2.77. The molecule has 5 heteroatoms.